The number of amides is 1. The Hall–Kier alpha value is -2.23. The fourth-order valence-corrected chi connectivity index (χ4v) is 4.62. The fraction of sp³-hybridized carbons (Fsp3) is 0.333. The molecule has 27 heavy (non-hydrogen) atoms. The van der Waals surface area contributed by atoms with Crippen LogP contribution >= 0.6 is 11.3 Å². The maximum absolute atomic E-state index is 12.2. The average Bonchev–Trinajstić information content (AvgIpc) is 3.02. The van der Waals surface area contributed by atoms with Gasteiger partial charge >= 0.3 is 5.97 Å². The highest BCUT2D eigenvalue weighted by Gasteiger charge is 2.21. The Morgan fingerprint density at radius 2 is 2.11 bits per heavy atom. The molecule has 1 heterocycles. The number of carbonyl (C=O) groups is 2. The Kier molecular flexibility index (Phi) is 5.64. The highest BCUT2D eigenvalue weighted by molar-refractivity contribution is 7.89. The number of ether oxygens (including phenoxy) is 1. The molecule has 0 saturated carbocycles. The molecule has 0 bridgehead atoms. The molecule has 0 radical (unpaired) electrons. The van der Waals surface area contributed by atoms with Crippen molar-refractivity contribution in [3.8, 4) is 0 Å². The third-order valence-electron chi connectivity index (χ3n) is 4.31. The van der Waals surface area contributed by atoms with Crippen molar-refractivity contribution in [2.75, 3.05) is 11.9 Å². The van der Waals surface area contributed by atoms with Gasteiger partial charge in [-0.1, -0.05) is 13.0 Å². The summed E-state index contributed by atoms with van der Waals surface area (Å²) in [6.45, 7) is 1.73. The highest BCUT2D eigenvalue weighted by Crippen LogP contribution is 2.32. The van der Waals surface area contributed by atoms with Crippen molar-refractivity contribution < 1.29 is 22.7 Å². The molecule has 7 nitrogen and oxygen atoms in total. The van der Waals surface area contributed by atoms with Gasteiger partial charge in [-0.25, -0.2) is 18.4 Å². The number of carbonyl (C=O) groups excluding carboxylic acids is 2. The number of hydrogen-bond acceptors (Lipinski definition) is 6. The lowest BCUT2D eigenvalue weighted by atomic mass is 9.90. The van der Waals surface area contributed by atoms with Crippen LogP contribution in [0.4, 0.5) is 5.69 Å². The van der Waals surface area contributed by atoms with Gasteiger partial charge in [0.15, 0.2) is 6.61 Å². The third kappa shape index (κ3) is 4.94. The number of anilines is 1. The van der Waals surface area contributed by atoms with E-state index in [1.54, 1.807) is 0 Å². The molecule has 0 saturated heterocycles. The summed E-state index contributed by atoms with van der Waals surface area (Å²) in [7, 11) is -3.86. The quantitative estimate of drug-likeness (QED) is 0.737. The minimum absolute atomic E-state index is 0.115. The van der Waals surface area contributed by atoms with Crippen molar-refractivity contribution in [3.63, 3.8) is 0 Å². The minimum atomic E-state index is -3.86. The van der Waals surface area contributed by atoms with Crippen molar-refractivity contribution in [1.82, 2.24) is 0 Å². The molecule has 9 heteroatoms. The Bertz CT molecular complexity index is 981. The maximum atomic E-state index is 12.2. The summed E-state index contributed by atoms with van der Waals surface area (Å²) in [4.78, 5) is 25.8. The number of aryl methyl sites for hydroxylation is 1. The van der Waals surface area contributed by atoms with Crippen LogP contribution in [-0.4, -0.2) is 26.9 Å². The highest BCUT2D eigenvalue weighted by atomic mass is 32.2. The number of nitrogens with one attached hydrogen (secondary N) is 1. The van der Waals surface area contributed by atoms with E-state index in [1.165, 1.54) is 46.0 Å². The van der Waals surface area contributed by atoms with Crippen molar-refractivity contribution in [1.29, 1.82) is 0 Å². The van der Waals surface area contributed by atoms with Crippen LogP contribution in [0.2, 0.25) is 0 Å². The van der Waals surface area contributed by atoms with Crippen LogP contribution in [0.5, 0.6) is 0 Å². The monoisotopic (exact) mass is 408 g/mol. The van der Waals surface area contributed by atoms with E-state index in [0.717, 1.165) is 19.3 Å². The van der Waals surface area contributed by atoms with Crippen LogP contribution < -0.4 is 10.5 Å². The summed E-state index contributed by atoms with van der Waals surface area (Å²) in [6, 6.07) is 7.39. The number of benzene rings is 1. The average molecular weight is 409 g/mol. The topological polar surface area (TPSA) is 116 Å². The van der Waals surface area contributed by atoms with Gasteiger partial charge in [-0.3, -0.25) is 4.79 Å². The zero-order valence-electron chi connectivity index (χ0n) is 14.7. The number of nitrogens with two attached hydrogens (primary N) is 1. The minimum Gasteiger partial charge on any atom is -0.451 e. The molecule has 3 rings (SSSR count). The molecule has 144 valence electrons. The van der Waals surface area contributed by atoms with E-state index in [4.69, 9.17) is 9.88 Å². The van der Waals surface area contributed by atoms with E-state index in [1.807, 2.05) is 6.07 Å². The molecule has 1 aromatic carbocycles. The molecule has 1 unspecified atom stereocenters. The summed E-state index contributed by atoms with van der Waals surface area (Å²) < 4.78 is 27.8. The van der Waals surface area contributed by atoms with Gasteiger partial charge in [0.25, 0.3) is 5.91 Å². The summed E-state index contributed by atoms with van der Waals surface area (Å²) in [5, 5.41) is 7.54. The number of fused-ring (bicyclic) bond motifs is 1. The van der Waals surface area contributed by atoms with Crippen molar-refractivity contribution in [2.24, 2.45) is 11.1 Å². The fourth-order valence-electron chi connectivity index (χ4n) is 2.96. The summed E-state index contributed by atoms with van der Waals surface area (Å²) in [5.41, 5.74) is 1.44. The number of sulfonamides is 1. The molecular formula is C18H20N2O5S2. The van der Waals surface area contributed by atoms with Gasteiger partial charge < -0.3 is 10.1 Å². The molecule has 0 aliphatic heterocycles. The van der Waals surface area contributed by atoms with Gasteiger partial charge in [0.05, 0.1) is 4.90 Å². The first-order chi connectivity index (χ1) is 12.7. The van der Waals surface area contributed by atoms with Gasteiger partial charge in [-0.05, 0) is 55.0 Å². The lowest BCUT2D eigenvalue weighted by Crippen LogP contribution is -2.21. The summed E-state index contributed by atoms with van der Waals surface area (Å²) in [5.74, 6) is -0.491. The molecule has 1 aromatic heterocycles. The van der Waals surface area contributed by atoms with Crippen LogP contribution in [0.1, 0.15) is 33.5 Å². The second-order valence-electron chi connectivity index (χ2n) is 6.60. The number of primary sulfonamides is 1. The van der Waals surface area contributed by atoms with Gasteiger partial charge in [0.2, 0.25) is 10.0 Å². The van der Waals surface area contributed by atoms with E-state index in [-0.39, 0.29) is 10.6 Å². The zero-order valence-corrected chi connectivity index (χ0v) is 16.4. The number of thiophene rings is 1. The normalized spacial score (nSPS) is 16.4. The molecule has 1 atom stereocenters. The van der Waals surface area contributed by atoms with Gasteiger partial charge in [-0.15, -0.1) is 11.3 Å². The van der Waals surface area contributed by atoms with E-state index < -0.39 is 28.5 Å². The first-order valence-corrected chi connectivity index (χ1v) is 10.8. The Balaban J connectivity index is 1.57. The van der Waals surface area contributed by atoms with Crippen molar-refractivity contribution in [2.45, 2.75) is 31.1 Å². The smallest absolute Gasteiger partial charge is 0.348 e. The molecule has 2 aromatic rings. The van der Waals surface area contributed by atoms with Crippen molar-refractivity contribution in [3.05, 3.63) is 45.6 Å². The summed E-state index contributed by atoms with van der Waals surface area (Å²) in [6.07, 6.45) is 3.04. The Morgan fingerprint density at radius 1 is 1.33 bits per heavy atom. The second kappa shape index (κ2) is 7.79. The van der Waals surface area contributed by atoms with Crippen molar-refractivity contribution >= 4 is 38.9 Å². The molecule has 3 N–H and O–H groups in total. The predicted octanol–water partition coefficient (Wildman–Crippen LogP) is 2.32. The third-order valence-corrected chi connectivity index (χ3v) is 6.44. The first kappa shape index (κ1) is 19.5. The molecule has 1 aliphatic carbocycles. The van der Waals surface area contributed by atoms with E-state index >= 15 is 0 Å². The van der Waals surface area contributed by atoms with Crippen LogP contribution in [0.25, 0.3) is 0 Å². The molecular weight excluding hydrogens is 388 g/mol. The van der Waals surface area contributed by atoms with Gasteiger partial charge in [0, 0.05) is 10.6 Å². The molecule has 0 fully saturated rings. The SMILES string of the molecule is CC1CCc2sc(C(=O)OCC(=O)Nc3cccc(S(N)(=O)=O)c3)cc2C1. The van der Waals surface area contributed by atoms with Crippen LogP contribution in [0.15, 0.2) is 35.2 Å². The van der Waals surface area contributed by atoms with E-state index in [2.05, 4.69) is 12.2 Å². The Labute approximate surface area is 161 Å². The lowest BCUT2D eigenvalue weighted by molar-refractivity contribution is -0.119. The standard InChI is InChI=1S/C18H20N2O5S2/c1-11-5-6-15-12(7-11)8-16(26-15)18(22)25-10-17(21)20-13-3-2-4-14(9-13)27(19,23)24/h2-4,8-9,11H,5-7,10H2,1H3,(H,20,21)(H2,19,23,24). The van der Waals surface area contributed by atoms with E-state index in [9.17, 15) is 18.0 Å². The molecule has 1 amide bonds. The van der Waals surface area contributed by atoms with Gasteiger partial charge in [-0.2, -0.15) is 0 Å². The first-order valence-electron chi connectivity index (χ1n) is 8.44. The van der Waals surface area contributed by atoms with E-state index in [0.29, 0.717) is 10.8 Å². The molecule has 1 aliphatic rings. The largest absolute Gasteiger partial charge is 0.451 e. The molecule has 0 spiro atoms. The lowest BCUT2D eigenvalue weighted by Gasteiger charge is -2.16. The maximum Gasteiger partial charge on any atom is 0.348 e. The number of hydrogen-bond donors (Lipinski definition) is 2. The van der Waals surface area contributed by atoms with Crippen LogP contribution in [0.3, 0.4) is 0 Å². The number of esters is 1. The summed E-state index contributed by atoms with van der Waals surface area (Å²) >= 11 is 1.42. The predicted molar refractivity (Wildman–Crippen MR) is 102 cm³/mol. The van der Waals surface area contributed by atoms with Crippen LogP contribution in [0, 0.1) is 5.92 Å². The van der Waals surface area contributed by atoms with Gasteiger partial charge in [0.1, 0.15) is 4.88 Å². The second-order valence-corrected chi connectivity index (χ2v) is 9.30. The van der Waals surface area contributed by atoms with Crippen LogP contribution in [-0.2, 0) is 32.4 Å². The zero-order chi connectivity index (χ0) is 19.6. The number of rotatable bonds is 5. The Morgan fingerprint density at radius 3 is 2.85 bits per heavy atom.